The molecule has 1 aliphatic carbocycles. The minimum atomic E-state index is 0.383. The molecule has 2 rings (SSSR count). The molecule has 2 aliphatic rings. The van der Waals surface area contributed by atoms with E-state index in [1.807, 2.05) is 0 Å². The van der Waals surface area contributed by atoms with Crippen LogP contribution in [0.3, 0.4) is 0 Å². The van der Waals surface area contributed by atoms with E-state index >= 15 is 0 Å². The Kier molecular flexibility index (Phi) is 3.06. The predicted molar refractivity (Wildman–Crippen MR) is 56.7 cm³/mol. The number of amidine groups is 1. The van der Waals surface area contributed by atoms with E-state index in [1.54, 1.807) is 0 Å². The normalized spacial score (nSPS) is 26.5. The van der Waals surface area contributed by atoms with Crippen molar-refractivity contribution in [2.45, 2.75) is 38.7 Å². The maximum absolute atomic E-state index is 8.00. The van der Waals surface area contributed by atoms with E-state index in [0.29, 0.717) is 12.0 Å². The molecule has 0 bridgehead atoms. The fourth-order valence-electron chi connectivity index (χ4n) is 2.05. The zero-order valence-electron chi connectivity index (χ0n) is 8.96. The molecule has 0 spiro atoms. The molecule has 3 nitrogen and oxygen atoms in total. The number of likely N-dealkylation sites (N-methyl/N-ethyl adjacent to an activating group) is 1. The number of rotatable bonds is 4. The molecular weight excluding hydrogens is 176 g/mol. The van der Waals surface area contributed by atoms with Gasteiger partial charge in [-0.2, -0.15) is 0 Å². The number of hydrogen-bond donors (Lipinski definition) is 1. The second-order valence-corrected chi connectivity index (χ2v) is 4.33. The van der Waals surface area contributed by atoms with Crippen LogP contribution in [0.1, 0.15) is 32.6 Å². The van der Waals surface area contributed by atoms with Crippen LogP contribution in [0.15, 0.2) is 0 Å². The van der Waals surface area contributed by atoms with Gasteiger partial charge >= 0.3 is 0 Å². The average molecular weight is 196 g/mol. The average Bonchev–Trinajstić information content (AvgIpc) is 2.93. The van der Waals surface area contributed by atoms with Crippen molar-refractivity contribution < 1.29 is 4.74 Å². The highest BCUT2D eigenvalue weighted by Crippen LogP contribution is 2.31. The van der Waals surface area contributed by atoms with Crippen molar-refractivity contribution >= 4 is 5.84 Å². The van der Waals surface area contributed by atoms with Gasteiger partial charge in [0.25, 0.3) is 0 Å². The lowest BCUT2D eigenvalue weighted by molar-refractivity contribution is 0.0915. The third-order valence-electron chi connectivity index (χ3n) is 3.13. The molecule has 14 heavy (non-hydrogen) atoms. The molecule has 1 unspecified atom stereocenters. The van der Waals surface area contributed by atoms with Crippen LogP contribution in [0.2, 0.25) is 0 Å². The van der Waals surface area contributed by atoms with Crippen LogP contribution in [0, 0.1) is 11.3 Å². The molecule has 0 amide bonds. The predicted octanol–water partition coefficient (Wildman–Crippen LogP) is 1.87. The molecule has 1 saturated carbocycles. The second-order valence-electron chi connectivity index (χ2n) is 4.33. The first-order valence-electron chi connectivity index (χ1n) is 5.76. The van der Waals surface area contributed by atoms with Gasteiger partial charge in [-0.1, -0.05) is 0 Å². The summed E-state index contributed by atoms with van der Waals surface area (Å²) >= 11 is 0. The minimum absolute atomic E-state index is 0.383. The lowest BCUT2D eigenvalue weighted by atomic mass is 10.2. The molecule has 1 saturated heterocycles. The van der Waals surface area contributed by atoms with Crippen LogP contribution in [-0.2, 0) is 4.74 Å². The molecule has 1 atom stereocenters. The molecule has 80 valence electrons. The monoisotopic (exact) mass is 196 g/mol. The fraction of sp³-hybridized carbons (Fsp3) is 0.909. The Labute approximate surface area is 85.9 Å². The van der Waals surface area contributed by atoms with Crippen molar-refractivity contribution in [1.29, 1.82) is 5.41 Å². The van der Waals surface area contributed by atoms with Crippen LogP contribution in [0.5, 0.6) is 0 Å². The summed E-state index contributed by atoms with van der Waals surface area (Å²) in [6.07, 6.45) is 5.20. The molecule has 0 aromatic rings. The van der Waals surface area contributed by atoms with Gasteiger partial charge in [-0.25, -0.2) is 0 Å². The van der Waals surface area contributed by atoms with E-state index in [0.717, 1.165) is 25.5 Å². The summed E-state index contributed by atoms with van der Waals surface area (Å²) in [6.45, 7) is 4.94. The molecule has 0 aromatic carbocycles. The third kappa shape index (κ3) is 2.27. The van der Waals surface area contributed by atoms with E-state index in [9.17, 15) is 0 Å². The Morgan fingerprint density at radius 3 is 2.71 bits per heavy atom. The van der Waals surface area contributed by atoms with Gasteiger partial charge < -0.3 is 9.64 Å². The van der Waals surface area contributed by atoms with E-state index < -0.39 is 0 Å². The van der Waals surface area contributed by atoms with Crippen molar-refractivity contribution in [2.75, 3.05) is 19.7 Å². The van der Waals surface area contributed by atoms with Crippen LogP contribution < -0.4 is 0 Å². The summed E-state index contributed by atoms with van der Waals surface area (Å²) < 4.78 is 5.60. The molecule has 1 aliphatic heterocycles. The summed E-state index contributed by atoms with van der Waals surface area (Å²) in [4.78, 5) is 2.19. The quantitative estimate of drug-likeness (QED) is 0.550. The molecule has 0 aromatic heterocycles. The van der Waals surface area contributed by atoms with Crippen molar-refractivity contribution in [1.82, 2.24) is 4.90 Å². The van der Waals surface area contributed by atoms with Gasteiger partial charge in [-0.3, -0.25) is 5.41 Å². The van der Waals surface area contributed by atoms with Gasteiger partial charge in [-0.15, -0.1) is 0 Å². The van der Waals surface area contributed by atoms with Crippen molar-refractivity contribution in [3.05, 3.63) is 0 Å². The standard InChI is InChI=1S/C11H20N2O/c1-2-13(11(12)9-5-6-9)8-10-4-3-7-14-10/h9-10,12H,2-8H2,1H3. The highest BCUT2D eigenvalue weighted by molar-refractivity contribution is 5.83. The first-order valence-corrected chi connectivity index (χ1v) is 5.76. The Balaban J connectivity index is 1.81. The highest BCUT2D eigenvalue weighted by atomic mass is 16.5. The molecular formula is C11H20N2O. The van der Waals surface area contributed by atoms with Crippen molar-refractivity contribution in [2.24, 2.45) is 5.92 Å². The van der Waals surface area contributed by atoms with Gasteiger partial charge in [0.05, 0.1) is 11.9 Å². The zero-order chi connectivity index (χ0) is 9.97. The Morgan fingerprint density at radius 2 is 2.21 bits per heavy atom. The molecule has 3 heteroatoms. The highest BCUT2D eigenvalue weighted by Gasteiger charge is 2.31. The van der Waals surface area contributed by atoms with Crippen LogP contribution in [0.4, 0.5) is 0 Å². The SMILES string of the molecule is CCN(CC1CCCO1)C(=N)C1CC1. The second kappa shape index (κ2) is 4.30. The number of nitrogens with zero attached hydrogens (tertiary/aromatic N) is 1. The summed E-state index contributed by atoms with van der Waals surface area (Å²) in [5.74, 6) is 1.42. The first-order chi connectivity index (χ1) is 6.81. The van der Waals surface area contributed by atoms with Crippen LogP contribution >= 0.6 is 0 Å². The lowest BCUT2D eigenvalue weighted by Gasteiger charge is -2.26. The van der Waals surface area contributed by atoms with Crippen molar-refractivity contribution in [3.63, 3.8) is 0 Å². The Morgan fingerprint density at radius 1 is 1.43 bits per heavy atom. The molecule has 1 N–H and O–H groups in total. The van der Waals surface area contributed by atoms with Gasteiger partial charge in [0.15, 0.2) is 0 Å². The fourth-order valence-corrected chi connectivity index (χ4v) is 2.05. The first kappa shape index (κ1) is 9.97. The molecule has 1 heterocycles. The maximum atomic E-state index is 8.00. The van der Waals surface area contributed by atoms with Crippen LogP contribution in [0.25, 0.3) is 0 Å². The van der Waals surface area contributed by atoms with Crippen LogP contribution in [-0.4, -0.2) is 36.5 Å². The van der Waals surface area contributed by atoms with Gasteiger partial charge in [0.2, 0.25) is 0 Å². The van der Waals surface area contributed by atoms with Gasteiger partial charge in [0.1, 0.15) is 0 Å². The van der Waals surface area contributed by atoms with E-state index in [1.165, 1.54) is 25.7 Å². The largest absolute Gasteiger partial charge is 0.376 e. The van der Waals surface area contributed by atoms with Gasteiger partial charge in [0, 0.05) is 25.6 Å². The van der Waals surface area contributed by atoms with Gasteiger partial charge in [-0.05, 0) is 32.6 Å². The smallest absolute Gasteiger partial charge is 0.0990 e. The number of hydrogen-bond acceptors (Lipinski definition) is 2. The number of nitrogens with one attached hydrogen (secondary N) is 1. The third-order valence-corrected chi connectivity index (χ3v) is 3.13. The topological polar surface area (TPSA) is 36.3 Å². The molecule has 2 fully saturated rings. The Bertz CT molecular complexity index is 207. The van der Waals surface area contributed by atoms with E-state index in [2.05, 4.69) is 11.8 Å². The maximum Gasteiger partial charge on any atom is 0.0990 e. The zero-order valence-corrected chi connectivity index (χ0v) is 8.96. The summed E-state index contributed by atoms with van der Waals surface area (Å²) in [6, 6.07) is 0. The van der Waals surface area contributed by atoms with Crippen molar-refractivity contribution in [3.8, 4) is 0 Å². The summed E-state index contributed by atoms with van der Waals surface area (Å²) in [5.41, 5.74) is 0. The lowest BCUT2D eigenvalue weighted by Crippen LogP contribution is -2.37. The van der Waals surface area contributed by atoms with E-state index in [-0.39, 0.29) is 0 Å². The van der Waals surface area contributed by atoms with E-state index in [4.69, 9.17) is 10.1 Å². The minimum Gasteiger partial charge on any atom is -0.376 e. The summed E-state index contributed by atoms with van der Waals surface area (Å²) in [5, 5.41) is 8.00. The number of ether oxygens (including phenoxy) is 1. The Hall–Kier alpha value is -0.570. The summed E-state index contributed by atoms with van der Waals surface area (Å²) in [7, 11) is 0. The molecule has 0 radical (unpaired) electrons.